The van der Waals surface area contributed by atoms with Gasteiger partial charge in [0, 0.05) is 19.5 Å². The Balaban J connectivity index is 1.98. The minimum atomic E-state index is -4.87. The van der Waals surface area contributed by atoms with E-state index in [1.807, 2.05) is 17.0 Å². The number of nitrogen functional groups attached to an aromatic ring is 1. The van der Waals surface area contributed by atoms with Crippen LogP contribution in [0.4, 0.5) is 5.82 Å². The highest BCUT2D eigenvalue weighted by Crippen LogP contribution is 2.53. The van der Waals surface area contributed by atoms with E-state index in [-0.39, 0.29) is 6.61 Å². The van der Waals surface area contributed by atoms with E-state index in [2.05, 4.69) is 9.97 Å². The first-order valence-corrected chi connectivity index (χ1v) is 11.9. The molecule has 10 nitrogen and oxygen atoms in total. The summed E-state index contributed by atoms with van der Waals surface area (Å²) in [6.45, 7) is 3.97. The lowest BCUT2D eigenvalue weighted by atomic mass is 10.2. The van der Waals surface area contributed by atoms with Crippen LogP contribution in [0.2, 0.25) is 0 Å². The number of nitrogens with zero attached hydrogens (tertiary/aromatic N) is 3. The first-order valence-electron chi connectivity index (χ1n) is 7.50. The second-order valence-electron chi connectivity index (χ2n) is 5.69. The van der Waals surface area contributed by atoms with Crippen molar-refractivity contribution in [3.63, 3.8) is 0 Å². The van der Waals surface area contributed by atoms with Crippen LogP contribution in [-0.4, -0.2) is 32.3 Å². The average molecular weight is 422 g/mol. The molecule has 0 bridgehead atoms. The van der Waals surface area contributed by atoms with Gasteiger partial charge in [-0.05, 0) is 6.92 Å². The summed E-state index contributed by atoms with van der Waals surface area (Å²) < 4.78 is 29.0. The first-order chi connectivity index (χ1) is 12.0. The zero-order valence-electron chi connectivity index (χ0n) is 14.2. The van der Waals surface area contributed by atoms with E-state index in [9.17, 15) is 18.9 Å². The van der Waals surface area contributed by atoms with E-state index in [0.717, 1.165) is 16.1 Å². The molecule has 2 rings (SSSR count). The number of rotatable bonds is 8. The van der Waals surface area contributed by atoms with E-state index < -0.39 is 21.1 Å². The van der Waals surface area contributed by atoms with E-state index in [0.29, 0.717) is 24.6 Å². The molecule has 0 spiro atoms. The lowest BCUT2D eigenvalue weighted by Crippen LogP contribution is -2.35. The molecule has 0 aliphatic carbocycles. The Labute approximate surface area is 154 Å². The van der Waals surface area contributed by atoms with Crippen LogP contribution in [0.5, 0.6) is 0 Å². The lowest BCUT2D eigenvalue weighted by molar-refractivity contribution is -0.689. The summed E-state index contributed by atoms with van der Waals surface area (Å²) in [7, 11) is -9.25. The number of thiazole rings is 1. The summed E-state index contributed by atoms with van der Waals surface area (Å²) >= 11 is 1.43. The van der Waals surface area contributed by atoms with Gasteiger partial charge in [-0.3, -0.25) is 4.57 Å². The van der Waals surface area contributed by atoms with Crippen molar-refractivity contribution in [3.8, 4) is 0 Å². The summed E-state index contributed by atoms with van der Waals surface area (Å²) in [6.07, 6.45) is 1.99. The minimum absolute atomic E-state index is 0.148. The van der Waals surface area contributed by atoms with Crippen LogP contribution < -0.4 is 15.2 Å². The molecule has 0 fully saturated rings. The van der Waals surface area contributed by atoms with Gasteiger partial charge in [0.05, 0.1) is 17.0 Å². The van der Waals surface area contributed by atoms with Gasteiger partial charge in [-0.1, -0.05) is 11.3 Å². The maximum absolute atomic E-state index is 11.6. The maximum Gasteiger partial charge on any atom is 0.336 e. The third-order valence-electron chi connectivity index (χ3n) is 3.50. The van der Waals surface area contributed by atoms with Crippen molar-refractivity contribution in [2.45, 2.75) is 26.8 Å². The Kier molecular flexibility index (Phi) is 6.68. The number of aromatic nitrogens is 3. The van der Waals surface area contributed by atoms with Crippen molar-refractivity contribution in [2.24, 2.45) is 0 Å². The van der Waals surface area contributed by atoms with Crippen LogP contribution in [0.1, 0.15) is 22.0 Å². The quantitative estimate of drug-likeness (QED) is 0.402. The standard InChI is InChI=1S/C13H20N4O6P2S/c1-9-12(3-4-23-25(21,22)8-24(18,19)20)26-7-17(9)6-11-5-15-10(2)16-13(11)14/h5,7H,3-4,6,8H2,1-2H3,(H4-,14,15,16,18,19,20,21,22). The fourth-order valence-corrected chi connectivity index (χ4v) is 5.70. The molecule has 2 aromatic heterocycles. The van der Waals surface area contributed by atoms with Crippen LogP contribution in [0.3, 0.4) is 0 Å². The van der Waals surface area contributed by atoms with Crippen molar-refractivity contribution >= 4 is 32.3 Å². The number of nitrogens with two attached hydrogens (primary N) is 1. The van der Waals surface area contributed by atoms with E-state index in [1.54, 1.807) is 13.1 Å². The zero-order valence-corrected chi connectivity index (χ0v) is 16.8. The molecule has 13 heteroatoms. The molecule has 0 aliphatic heterocycles. The van der Waals surface area contributed by atoms with Crippen molar-refractivity contribution in [2.75, 3.05) is 18.2 Å². The SMILES string of the molecule is Cc1ncc(C[n+]2csc(CCOP(=O)(O)CP(=O)([O-])O)c2C)c(N)n1. The molecule has 2 unspecified atom stereocenters. The Bertz CT molecular complexity index is 884. The molecule has 0 aliphatic rings. The highest BCUT2D eigenvalue weighted by molar-refractivity contribution is 7.69. The van der Waals surface area contributed by atoms with Crippen LogP contribution in [-0.2, 0) is 26.6 Å². The van der Waals surface area contributed by atoms with Crippen LogP contribution >= 0.6 is 26.5 Å². The summed E-state index contributed by atoms with van der Waals surface area (Å²) in [5.41, 5.74) is 9.47. The smallest absolute Gasteiger partial charge is 0.336 e. The van der Waals surface area contributed by atoms with Gasteiger partial charge in [0.25, 0.3) is 0 Å². The Morgan fingerprint density at radius 3 is 2.69 bits per heavy atom. The number of anilines is 1. The molecule has 2 heterocycles. The normalized spacial score (nSPS) is 16.2. The average Bonchev–Trinajstić information content (AvgIpc) is 2.80. The lowest BCUT2D eigenvalue weighted by Gasteiger charge is -2.19. The van der Waals surface area contributed by atoms with Gasteiger partial charge >= 0.3 is 7.60 Å². The first kappa shape index (κ1) is 21.1. The highest BCUT2D eigenvalue weighted by atomic mass is 32.1. The fourth-order valence-electron chi connectivity index (χ4n) is 2.21. The predicted molar refractivity (Wildman–Crippen MR) is 93.7 cm³/mol. The van der Waals surface area contributed by atoms with Gasteiger partial charge in [-0.2, -0.15) is 4.57 Å². The van der Waals surface area contributed by atoms with Crippen molar-refractivity contribution < 1.29 is 32.9 Å². The number of aryl methyl sites for hydroxylation is 1. The van der Waals surface area contributed by atoms with E-state index in [4.69, 9.17) is 15.2 Å². The maximum atomic E-state index is 11.6. The van der Waals surface area contributed by atoms with Crippen LogP contribution in [0.15, 0.2) is 11.7 Å². The van der Waals surface area contributed by atoms with E-state index >= 15 is 0 Å². The van der Waals surface area contributed by atoms with Crippen molar-refractivity contribution in [3.05, 3.63) is 33.7 Å². The molecule has 2 atom stereocenters. The third kappa shape index (κ3) is 6.21. The Morgan fingerprint density at radius 1 is 1.38 bits per heavy atom. The Hall–Kier alpha value is -1.19. The molecule has 26 heavy (non-hydrogen) atoms. The van der Waals surface area contributed by atoms with Gasteiger partial charge in [0.15, 0.2) is 12.2 Å². The zero-order chi connectivity index (χ0) is 19.5. The Morgan fingerprint density at radius 2 is 2.08 bits per heavy atom. The second kappa shape index (κ2) is 8.22. The molecular formula is C13H20N4O6P2S. The minimum Gasteiger partial charge on any atom is -0.778 e. The molecule has 0 saturated heterocycles. The van der Waals surface area contributed by atoms with E-state index in [1.165, 1.54) is 11.3 Å². The van der Waals surface area contributed by atoms with Gasteiger partial charge in [0.1, 0.15) is 25.1 Å². The van der Waals surface area contributed by atoms with Gasteiger partial charge in [-0.25, -0.2) is 9.97 Å². The summed E-state index contributed by atoms with van der Waals surface area (Å²) in [4.78, 5) is 38.0. The monoisotopic (exact) mass is 422 g/mol. The van der Waals surface area contributed by atoms with Gasteiger partial charge in [0.2, 0.25) is 5.51 Å². The second-order valence-corrected chi connectivity index (χ2v) is 10.6. The predicted octanol–water partition coefficient (Wildman–Crippen LogP) is 0.321. The largest absolute Gasteiger partial charge is 0.778 e. The molecule has 0 saturated carbocycles. The molecule has 2 aromatic rings. The van der Waals surface area contributed by atoms with Gasteiger partial charge in [-0.15, -0.1) is 0 Å². The highest BCUT2D eigenvalue weighted by Gasteiger charge is 2.26. The molecule has 4 N–H and O–H groups in total. The van der Waals surface area contributed by atoms with Crippen molar-refractivity contribution in [1.29, 1.82) is 0 Å². The molecule has 0 aromatic carbocycles. The number of hydrogen-bond donors (Lipinski definition) is 3. The molecule has 0 amide bonds. The third-order valence-corrected chi connectivity index (χ3v) is 8.08. The number of hydrogen-bond acceptors (Lipinski definition) is 8. The van der Waals surface area contributed by atoms with Crippen LogP contribution in [0, 0.1) is 13.8 Å². The summed E-state index contributed by atoms with van der Waals surface area (Å²) in [5, 5.41) is 0. The summed E-state index contributed by atoms with van der Waals surface area (Å²) in [5.74, 6) is -0.293. The fraction of sp³-hybridized carbons (Fsp3) is 0.462. The summed E-state index contributed by atoms with van der Waals surface area (Å²) in [6, 6.07) is 0. The topological polar surface area (TPSA) is 163 Å². The molecular weight excluding hydrogens is 402 g/mol. The van der Waals surface area contributed by atoms with Gasteiger partial charge < -0.3 is 29.5 Å². The van der Waals surface area contributed by atoms with Crippen molar-refractivity contribution in [1.82, 2.24) is 9.97 Å². The molecule has 144 valence electrons. The van der Waals surface area contributed by atoms with Crippen LogP contribution in [0.25, 0.3) is 0 Å². The molecule has 0 radical (unpaired) electrons.